The van der Waals surface area contributed by atoms with Crippen LogP contribution in [-0.4, -0.2) is 70.1 Å². The minimum Gasteiger partial charge on any atom is -0.443 e. The van der Waals surface area contributed by atoms with E-state index in [2.05, 4.69) is 10.4 Å². The number of fused-ring (bicyclic) bond motifs is 1. The van der Waals surface area contributed by atoms with Gasteiger partial charge in [0, 0.05) is 52.1 Å². The van der Waals surface area contributed by atoms with E-state index in [-0.39, 0.29) is 35.1 Å². The molecule has 0 spiro atoms. The second kappa shape index (κ2) is 12.2. The Morgan fingerprint density at radius 1 is 1.19 bits per heavy atom. The fraction of sp³-hybridized carbons (Fsp3) is 0.567. The van der Waals surface area contributed by atoms with Gasteiger partial charge in [-0.1, -0.05) is 0 Å². The molecule has 2 aliphatic rings. The van der Waals surface area contributed by atoms with Crippen LogP contribution in [0.1, 0.15) is 75.7 Å². The number of anilines is 3. The Morgan fingerprint density at radius 2 is 1.95 bits per heavy atom. The van der Waals surface area contributed by atoms with Crippen molar-refractivity contribution in [3.8, 4) is 0 Å². The van der Waals surface area contributed by atoms with Crippen LogP contribution in [0.4, 0.5) is 22.1 Å². The highest BCUT2D eigenvalue weighted by Gasteiger charge is 2.29. The first-order chi connectivity index (χ1) is 20.0. The second-order valence-electron chi connectivity index (χ2n) is 12.1. The Kier molecular flexibility index (Phi) is 8.65. The summed E-state index contributed by atoms with van der Waals surface area (Å²) in [5.74, 6) is 0.765. The van der Waals surface area contributed by atoms with Crippen molar-refractivity contribution in [1.29, 1.82) is 0 Å². The molecule has 1 amide bonds. The van der Waals surface area contributed by atoms with Gasteiger partial charge in [0.05, 0.1) is 17.9 Å². The summed E-state index contributed by atoms with van der Waals surface area (Å²) in [4.78, 5) is 46.0. The summed E-state index contributed by atoms with van der Waals surface area (Å²) in [7, 11) is 3.27. The molecule has 12 heteroatoms. The van der Waals surface area contributed by atoms with Crippen LogP contribution in [0.15, 0.2) is 35.4 Å². The van der Waals surface area contributed by atoms with Crippen LogP contribution in [0.5, 0.6) is 0 Å². The van der Waals surface area contributed by atoms with Gasteiger partial charge in [-0.15, -0.1) is 0 Å². The fourth-order valence-corrected chi connectivity index (χ4v) is 5.67. The lowest BCUT2D eigenvalue weighted by molar-refractivity contribution is 0.0587. The van der Waals surface area contributed by atoms with E-state index < -0.39 is 11.7 Å². The maximum absolute atomic E-state index is 13.5. The van der Waals surface area contributed by atoms with Crippen LogP contribution >= 0.6 is 0 Å². The number of Topliss-reactive ketones (excluding diaryl/α,β-unsaturated/α-hetero) is 1. The smallest absolute Gasteiger partial charge is 0.415 e. The number of ketones is 1. The SMILES string of the molecule is CO[C@@H]1CC[C@@H](CC(=O)c2cnn3c(N(C)C(=O)OC(C)(C)C)cc(Nc4cccn(C5CCOCC5)c4=O)nc23)C1. The summed E-state index contributed by atoms with van der Waals surface area (Å²) in [6, 6.07) is 5.16. The van der Waals surface area contributed by atoms with Gasteiger partial charge in [-0.05, 0) is 70.9 Å². The predicted molar refractivity (Wildman–Crippen MR) is 158 cm³/mol. The number of methoxy groups -OCH3 is 1. The van der Waals surface area contributed by atoms with E-state index in [4.69, 9.17) is 19.2 Å². The van der Waals surface area contributed by atoms with Gasteiger partial charge in [0.1, 0.15) is 22.9 Å². The summed E-state index contributed by atoms with van der Waals surface area (Å²) in [6.45, 7) is 6.58. The Balaban J connectivity index is 1.51. The maximum atomic E-state index is 13.5. The molecule has 0 aromatic carbocycles. The topological polar surface area (TPSA) is 129 Å². The predicted octanol–water partition coefficient (Wildman–Crippen LogP) is 4.75. The van der Waals surface area contributed by atoms with Gasteiger partial charge in [0.15, 0.2) is 11.4 Å². The zero-order valence-corrected chi connectivity index (χ0v) is 25.0. The summed E-state index contributed by atoms with van der Waals surface area (Å²) >= 11 is 0. The van der Waals surface area contributed by atoms with Crippen LogP contribution in [0.3, 0.4) is 0 Å². The number of rotatable bonds is 8. The third-order valence-electron chi connectivity index (χ3n) is 7.89. The molecular weight excluding hydrogens is 540 g/mol. The van der Waals surface area contributed by atoms with Gasteiger partial charge in [0.25, 0.3) is 5.56 Å². The summed E-state index contributed by atoms with van der Waals surface area (Å²) in [6.07, 6.45) is 7.41. The first kappa shape index (κ1) is 29.7. The lowest BCUT2D eigenvalue weighted by Gasteiger charge is -2.25. The van der Waals surface area contributed by atoms with E-state index in [1.807, 2.05) is 6.07 Å². The molecule has 5 rings (SSSR count). The van der Waals surface area contributed by atoms with Gasteiger partial charge in [-0.25, -0.2) is 9.78 Å². The Bertz CT molecular complexity index is 1500. The normalized spacial score (nSPS) is 19.6. The lowest BCUT2D eigenvalue weighted by atomic mass is 9.98. The van der Waals surface area contributed by atoms with Crippen LogP contribution < -0.4 is 15.8 Å². The molecule has 1 aliphatic carbocycles. The van der Waals surface area contributed by atoms with Crippen molar-refractivity contribution in [3.63, 3.8) is 0 Å². The number of carbonyl (C=O) groups is 2. The quantitative estimate of drug-likeness (QED) is 0.375. The Labute approximate surface area is 245 Å². The number of hydrogen-bond donors (Lipinski definition) is 1. The first-order valence-corrected chi connectivity index (χ1v) is 14.5. The standard InChI is InChI=1S/C30H40N6O6/c1-30(2,3)42-29(39)34(4)26-17-25(32-23-7-6-12-35(28(23)38)20-10-13-41-14-11-20)33-27-22(18-31-36(26)27)24(37)16-19-8-9-21(15-19)40-5/h6-7,12,17-21H,8-11,13-16H2,1-5H3,(H,32,33)/t19-,21-/m1/s1. The van der Waals surface area contributed by atoms with E-state index in [0.717, 1.165) is 32.1 Å². The van der Waals surface area contributed by atoms with Gasteiger partial charge in [-0.2, -0.15) is 9.61 Å². The van der Waals surface area contributed by atoms with E-state index in [1.54, 1.807) is 57.8 Å². The molecule has 1 saturated heterocycles. The average molecular weight is 581 g/mol. The van der Waals surface area contributed by atoms with E-state index in [0.29, 0.717) is 42.5 Å². The highest BCUT2D eigenvalue weighted by Crippen LogP contribution is 2.32. The number of ether oxygens (including phenoxy) is 3. The van der Waals surface area contributed by atoms with Crippen LogP contribution in [0, 0.1) is 5.92 Å². The van der Waals surface area contributed by atoms with Crippen molar-refractivity contribution in [1.82, 2.24) is 19.2 Å². The number of carbonyl (C=O) groups excluding carboxylic acids is 2. The Hall–Kier alpha value is -3.77. The molecule has 0 unspecified atom stereocenters. The molecule has 0 radical (unpaired) electrons. The molecule has 4 heterocycles. The molecule has 1 saturated carbocycles. The number of aromatic nitrogens is 4. The Morgan fingerprint density at radius 3 is 2.64 bits per heavy atom. The zero-order valence-electron chi connectivity index (χ0n) is 25.0. The zero-order chi connectivity index (χ0) is 30.0. The number of nitrogens with one attached hydrogen (secondary N) is 1. The summed E-state index contributed by atoms with van der Waals surface area (Å²) in [5, 5.41) is 7.59. The molecule has 42 heavy (non-hydrogen) atoms. The molecule has 2 atom stereocenters. The number of hydrogen-bond acceptors (Lipinski definition) is 9. The summed E-state index contributed by atoms with van der Waals surface area (Å²) < 4.78 is 19.7. The molecule has 1 aliphatic heterocycles. The largest absolute Gasteiger partial charge is 0.443 e. The van der Waals surface area contributed by atoms with Crippen molar-refractivity contribution < 1.29 is 23.8 Å². The molecule has 226 valence electrons. The minimum atomic E-state index is -0.718. The van der Waals surface area contributed by atoms with Crippen LogP contribution in [-0.2, 0) is 14.2 Å². The molecule has 0 bridgehead atoms. The fourth-order valence-electron chi connectivity index (χ4n) is 5.67. The highest BCUT2D eigenvalue weighted by molar-refractivity contribution is 6.02. The molecule has 2 fully saturated rings. The van der Waals surface area contributed by atoms with Crippen molar-refractivity contribution in [3.05, 3.63) is 46.5 Å². The number of nitrogens with zero attached hydrogens (tertiary/aromatic N) is 5. The van der Waals surface area contributed by atoms with Crippen molar-refractivity contribution in [2.75, 3.05) is 37.6 Å². The van der Waals surface area contributed by atoms with Gasteiger partial charge < -0.3 is 24.1 Å². The van der Waals surface area contributed by atoms with E-state index in [9.17, 15) is 14.4 Å². The minimum absolute atomic E-state index is 0.0460. The molecule has 3 aromatic heterocycles. The van der Waals surface area contributed by atoms with E-state index in [1.165, 1.54) is 15.6 Å². The lowest BCUT2D eigenvalue weighted by Crippen LogP contribution is -2.35. The molecular formula is C30H40N6O6. The number of amides is 1. The molecule has 1 N–H and O–H groups in total. The van der Waals surface area contributed by atoms with Gasteiger partial charge in [0.2, 0.25) is 0 Å². The second-order valence-corrected chi connectivity index (χ2v) is 12.1. The van der Waals surface area contributed by atoms with Crippen LogP contribution in [0.2, 0.25) is 0 Å². The average Bonchev–Trinajstić information content (AvgIpc) is 3.60. The van der Waals surface area contributed by atoms with Gasteiger partial charge in [-0.3, -0.25) is 14.5 Å². The number of pyridine rings is 1. The molecule has 3 aromatic rings. The van der Waals surface area contributed by atoms with Crippen molar-refractivity contribution in [2.24, 2.45) is 5.92 Å². The summed E-state index contributed by atoms with van der Waals surface area (Å²) in [5.41, 5.74) is 0.0655. The first-order valence-electron chi connectivity index (χ1n) is 14.5. The monoisotopic (exact) mass is 580 g/mol. The highest BCUT2D eigenvalue weighted by atomic mass is 16.6. The third-order valence-corrected chi connectivity index (χ3v) is 7.89. The maximum Gasteiger partial charge on any atom is 0.415 e. The van der Waals surface area contributed by atoms with Crippen molar-refractivity contribution in [2.45, 2.75) is 77.0 Å². The molecule has 12 nitrogen and oxygen atoms in total. The third kappa shape index (κ3) is 6.49. The van der Waals surface area contributed by atoms with Gasteiger partial charge >= 0.3 is 6.09 Å². The van der Waals surface area contributed by atoms with E-state index >= 15 is 0 Å². The van der Waals surface area contributed by atoms with Crippen molar-refractivity contribution >= 4 is 34.8 Å². The van der Waals surface area contributed by atoms with Crippen LogP contribution in [0.25, 0.3) is 5.65 Å².